The number of aromatic nitrogens is 2. The Morgan fingerprint density at radius 3 is 2.85 bits per heavy atom. The molecule has 0 saturated carbocycles. The Hall–Kier alpha value is -0.990. The van der Waals surface area contributed by atoms with Crippen molar-refractivity contribution in [1.82, 2.24) is 14.4 Å². The van der Waals surface area contributed by atoms with E-state index in [9.17, 15) is 8.42 Å². The van der Waals surface area contributed by atoms with Crippen molar-refractivity contribution in [3.05, 3.63) is 11.7 Å². The van der Waals surface area contributed by atoms with Gasteiger partial charge in [-0.25, -0.2) is 8.42 Å². The third kappa shape index (κ3) is 2.47. The summed E-state index contributed by atoms with van der Waals surface area (Å²) in [4.78, 5) is 4.21. The van der Waals surface area contributed by atoms with Crippen molar-refractivity contribution in [3.8, 4) is 0 Å². The summed E-state index contributed by atoms with van der Waals surface area (Å²) < 4.78 is 36.3. The standard InChI is InChI=1S/C12H19N3O4S/c1-3-20(16,17)15-5-10-9(7-18-11(10)6-15)4-12-13-8(2)14-19-12/h9-11H,3-7H2,1-2H3/t9-,10+,11+/m1/s1. The van der Waals surface area contributed by atoms with Crippen LogP contribution in [0.3, 0.4) is 0 Å². The number of nitrogens with zero attached hydrogens (tertiary/aromatic N) is 3. The molecule has 0 bridgehead atoms. The van der Waals surface area contributed by atoms with Gasteiger partial charge in [-0.05, 0) is 19.8 Å². The molecule has 2 aliphatic rings. The molecule has 3 atom stereocenters. The van der Waals surface area contributed by atoms with Gasteiger partial charge in [0.05, 0.1) is 18.5 Å². The van der Waals surface area contributed by atoms with Gasteiger partial charge < -0.3 is 9.26 Å². The number of aryl methyl sites for hydroxylation is 1. The van der Waals surface area contributed by atoms with Gasteiger partial charge in [0.2, 0.25) is 15.9 Å². The van der Waals surface area contributed by atoms with Crippen LogP contribution in [-0.4, -0.2) is 54.4 Å². The summed E-state index contributed by atoms with van der Waals surface area (Å²) in [7, 11) is -3.13. The summed E-state index contributed by atoms with van der Waals surface area (Å²) >= 11 is 0. The van der Waals surface area contributed by atoms with Crippen molar-refractivity contribution in [3.63, 3.8) is 0 Å². The highest BCUT2D eigenvalue weighted by molar-refractivity contribution is 7.89. The molecule has 20 heavy (non-hydrogen) atoms. The summed E-state index contributed by atoms with van der Waals surface area (Å²) in [5.41, 5.74) is 0. The maximum Gasteiger partial charge on any atom is 0.227 e. The maximum atomic E-state index is 11.9. The van der Waals surface area contributed by atoms with Crippen molar-refractivity contribution in [2.75, 3.05) is 25.4 Å². The number of rotatable bonds is 4. The largest absolute Gasteiger partial charge is 0.376 e. The quantitative estimate of drug-likeness (QED) is 0.790. The molecule has 3 rings (SSSR count). The van der Waals surface area contributed by atoms with E-state index < -0.39 is 10.0 Å². The average molecular weight is 301 g/mol. The van der Waals surface area contributed by atoms with Gasteiger partial charge >= 0.3 is 0 Å². The third-order valence-electron chi connectivity index (χ3n) is 4.17. The zero-order valence-electron chi connectivity index (χ0n) is 11.7. The van der Waals surface area contributed by atoms with Gasteiger partial charge in [-0.1, -0.05) is 5.16 Å². The Bertz CT molecular complexity index is 585. The van der Waals surface area contributed by atoms with Crippen LogP contribution in [0, 0.1) is 18.8 Å². The van der Waals surface area contributed by atoms with Crippen molar-refractivity contribution in [1.29, 1.82) is 0 Å². The minimum absolute atomic E-state index is 0.00495. The molecule has 8 heteroatoms. The van der Waals surface area contributed by atoms with Crippen LogP contribution in [0.1, 0.15) is 18.6 Å². The van der Waals surface area contributed by atoms with E-state index in [0.717, 1.165) is 0 Å². The highest BCUT2D eigenvalue weighted by Crippen LogP contribution is 2.36. The molecule has 3 heterocycles. The average Bonchev–Trinajstić information content (AvgIpc) is 3.07. The molecule has 2 fully saturated rings. The Morgan fingerprint density at radius 2 is 2.20 bits per heavy atom. The number of hydrogen-bond acceptors (Lipinski definition) is 6. The van der Waals surface area contributed by atoms with E-state index in [4.69, 9.17) is 9.26 Å². The van der Waals surface area contributed by atoms with Crippen molar-refractivity contribution in [2.45, 2.75) is 26.4 Å². The lowest BCUT2D eigenvalue weighted by Gasteiger charge is -2.18. The first-order valence-corrected chi connectivity index (χ1v) is 8.49. The van der Waals surface area contributed by atoms with E-state index in [1.54, 1.807) is 18.2 Å². The SMILES string of the molecule is CCS(=O)(=O)N1C[C@H]2[C@H](Cc3nc(C)no3)CO[C@H]2C1. The molecule has 0 aromatic carbocycles. The lowest BCUT2D eigenvalue weighted by molar-refractivity contribution is 0.103. The fraction of sp³-hybridized carbons (Fsp3) is 0.833. The van der Waals surface area contributed by atoms with Crippen LogP contribution in [0.15, 0.2) is 4.52 Å². The maximum absolute atomic E-state index is 11.9. The first-order valence-electron chi connectivity index (χ1n) is 6.88. The molecule has 2 saturated heterocycles. The minimum atomic E-state index is -3.13. The van der Waals surface area contributed by atoms with Gasteiger partial charge in [0.1, 0.15) is 0 Å². The third-order valence-corrected chi connectivity index (χ3v) is 5.98. The number of hydrogen-bond donors (Lipinski definition) is 0. The van der Waals surface area contributed by atoms with Gasteiger partial charge in [0.15, 0.2) is 5.82 Å². The Kier molecular flexibility index (Phi) is 3.55. The topological polar surface area (TPSA) is 85.5 Å². The lowest BCUT2D eigenvalue weighted by atomic mass is 9.90. The van der Waals surface area contributed by atoms with Crippen molar-refractivity contribution < 1.29 is 17.7 Å². The molecule has 2 aliphatic heterocycles. The Morgan fingerprint density at radius 1 is 1.40 bits per heavy atom. The summed E-state index contributed by atoms with van der Waals surface area (Å²) in [6, 6.07) is 0. The van der Waals surface area contributed by atoms with Crippen LogP contribution in [0.4, 0.5) is 0 Å². The van der Waals surface area contributed by atoms with Gasteiger partial charge in [0.25, 0.3) is 0 Å². The van der Waals surface area contributed by atoms with Gasteiger partial charge in [-0.15, -0.1) is 0 Å². The molecule has 0 spiro atoms. The molecule has 7 nitrogen and oxygen atoms in total. The molecule has 1 aromatic heterocycles. The summed E-state index contributed by atoms with van der Waals surface area (Å²) in [6.45, 7) is 5.10. The fourth-order valence-corrected chi connectivity index (χ4v) is 4.17. The predicted molar refractivity (Wildman–Crippen MR) is 70.5 cm³/mol. The molecule has 112 valence electrons. The van der Waals surface area contributed by atoms with Crippen molar-refractivity contribution in [2.24, 2.45) is 11.8 Å². The van der Waals surface area contributed by atoms with E-state index in [1.807, 2.05) is 0 Å². The zero-order chi connectivity index (χ0) is 14.3. The lowest BCUT2D eigenvalue weighted by Crippen LogP contribution is -2.32. The first-order chi connectivity index (χ1) is 9.49. The monoisotopic (exact) mass is 301 g/mol. The Labute approximate surface area is 118 Å². The van der Waals surface area contributed by atoms with E-state index in [0.29, 0.717) is 37.8 Å². The van der Waals surface area contributed by atoms with Crippen LogP contribution in [0.25, 0.3) is 0 Å². The highest BCUT2D eigenvalue weighted by atomic mass is 32.2. The first kappa shape index (κ1) is 14.0. The molecule has 0 aliphatic carbocycles. The van der Waals surface area contributed by atoms with Crippen LogP contribution < -0.4 is 0 Å². The van der Waals surface area contributed by atoms with E-state index in [-0.39, 0.29) is 23.7 Å². The Balaban J connectivity index is 1.68. The summed E-state index contributed by atoms with van der Waals surface area (Å²) in [5, 5.41) is 3.78. The van der Waals surface area contributed by atoms with E-state index in [1.165, 1.54) is 0 Å². The normalized spacial score (nSPS) is 30.8. The summed E-state index contributed by atoms with van der Waals surface area (Å²) in [6.07, 6.45) is 0.660. The molecule has 0 radical (unpaired) electrons. The highest BCUT2D eigenvalue weighted by Gasteiger charge is 2.47. The number of fused-ring (bicyclic) bond motifs is 1. The van der Waals surface area contributed by atoms with Crippen LogP contribution in [0.5, 0.6) is 0 Å². The molecule has 0 unspecified atom stereocenters. The van der Waals surface area contributed by atoms with Gasteiger partial charge in [-0.2, -0.15) is 9.29 Å². The van der Waals surface area contributed by atoms with Gasteiger partial charge in [0, 0.05) is 25.4 Å². The minimum Gasteiger partial charge on any atom is -0.376 e. The number of sulfonamides is 1. The smallest absolute Gasteiger partial charge is 0.227 e. The van der Waals surface area contributed by atoms with Crippen LogP contribution >= 0.6 is 0 Å². The van der Waals surface area contributed by atoms with Gasteiger partial charge in [-0.3, -0.25) is 0 Å². The summed E-state index contributed by atoms with van der Waals surface area (Å²) in [5.74, 6) is 1.84. The van der Waals surface area contributed by atoms with Crippen molar-refractivity contribution >= 4 is 10.0 Å². The zero-order valence-corrected chi connectivity index (χ0v) is 12.5. The predicted octanol–water partition coefficient (Wildman–Crippen LogP) is 0.217. The second-order valence-corrected chi connectivity index (χ2v) is 7.71. The second kappa shape index (κ2) is 5.09. The fourth-order valence-electron chi connectivity index (χ4n) is 3.03. The van der Waals surface area contributed by atoms with Crippen LogP contribution in [-0.2, 0) is 21.2 Å². The second-order valence-electron chi connectivity index (χ2n) is 5.45. The molecule has 0 N–H and O–H groups in total. The molecular weight excluding hydrogens is 282 g/mol. The molecular formula is C12H19N3O4S. The number of ether oxygens (including phenoxy) is 1. The van der Waals surface area contributed by atoms with Crippen LogP contribution in [0.2, 0.25) is 0 Å². The molecule has 1 aromatic rings. The van der Waals surface area contributed by atoms with E-state index >= 15 is 0 Å². The van der Waals surface area contributed by atoms with E-state index in [2.05, 4.69) is 10.1 Å². The molecule has 0 amide bonds.